The summed E-state index contributed by atoms with van der Waals surface area (Å²) < 4.78 is 0. The molecule has 0 amide bonds. The first-order valence-corrected chi connectivity index (χ1v) is 5.83. The van der Waals surface area contributed by atoms with Crippen LogP contribution in [0.4, 0.5) is 0 Å². The predicted molar refractivity (Wildman–Crippen MR) is 70.9 cm³/mol. The molecule has 2 N–H and O–H groups in total. The Kier molecular flexibility index (Phi) is 3.51. The topological polar surface area (TPSA) is 36.4 Å². The highest BCUT2D eigenvalue weighted by Crippen LogP contribution is 2.22. The average molecular weight is 233 g/mol. The van der Waals surface area contributed by atoms with Crippen LogP contribution < -0.4 is 10.7 Å². The van der Waals surface area contributed by atoms with Crippen LogP contribution >= 0.6 is 12.2 Å². The summed E-state index contributed by atoms with van der Waals surface area (Å²) in [5.74, 6) is 0. The summed E-state index contributed by atoms with van der Waals surface area (Å²) in [5, 5.41) is 7.38. The third-order valence-electron chi connectivity index (χ3n) is 2.73. The van der Waals surface area contributed by atoms with Crippen molar-refractivity contribution in [3.05, 3.63) is 34.9 Å². The molecule has 1 aliphatic carbocycles. The number of thiocarbonyl (C=S) groups is 1. The van der Waals surface area contributed by atoms with Crippen molar-refractivity contribution >= 4 is 23.5 Å². The van der Waals surface area contributed by atoms with Crippen molar-refractivity contribution in [2.24, 2.45) is 5.10 Å². The van der Waals surface area contributed by atoms with Gasteiger partial charge in [0, 0.05) is 7.05 Å². The molecule has 4 heteroatoms. The number of nitrogens with zero attached hydrogens (tertiary/aromatic N) is 1. The summed E-state index contributed by atoms with van der Waals surface area (Å²) in [6.45, 7) is 0. The highest BCUT2D eigenvalue weighted by atomic mass is 32.1. The van der Waals surface area contributed by atoms with Gasteiger partial charge < -0.3 is 5.32 Å². The fraction of sp³-hybridized carbons (Fsp3) is 0.333. The van der Waals surface area contributed by atoms with Crippen molar-refractivity contribution < 1.29 is 0 Å². The summed E-state index contributed by atoms with van der Waals surface area (Å²) in [6, 6.07) is 6.49. The average Bonchev–Trinajstić information content (AvgIpc) is 2.76. The van der Waals surface area contributed by atoms with Crippen LogP contribution in [-0.4, -0.2) is 18.4 Å². The Morgan fingerprint density at radius 3 is 3.00 bits per heavy atom. The minimum Gasteiger partial charge on any atom is -0.364 e. The van der Waals surface area contributed by atoms with Gasteiger partial charge in [-0.3, -0.25) is 5.43 Å². The number of aryl methyl sites for hydroxylation is 2. The lowest BCUT2D eigenvalue weighted by Gasteiger charge is -2.01. The van der Waals surface area contributed by atoms with E-state index in [2.05, 4.69) is 34.0 Å². The minimum absolute atomic E-state index is 0.525. The largest absolute Gasteiger partial charge is 0.364 e. The fourth-order valence-electron chi connectivity index (χ4n) is 1.89. The Balaban J connectivity index is 2.02. The van der Waals surface area contributed by atoms with Crippen LogP contribution in [0, 0.1) is 0 Å². The third-order valence-corrected chi connectivity index (χ3v) is 3.02. The van der Waals surface area contributed by atoms with Crippen LogP contribution in [0.2, 0.25) is 0 Å². The molecule has 0 radical (unpaired) electrons. The Morgan fingerprint density at radius 2 is 2.19 bits per heavy atom. The summed E-state index contributed by atoms with van der Waals surface area (Å²) in [7, 11) is 1.76. The van der Waals surface area contributed by atoms with E-state index < -0.39 is 0 Å². The highest BCUT2D eigenvalue weighted by Gasteiger charge is 2.09. The van der Waals surface area contributed by atoms with Gasteiger partial charge in [0.1, 0.15) is 0 Å². The predicted octanol–water partition coefficient (Wildman–Crippen LogP) is 1.60. The molecule has 84 valence electrons. The van der Waals surface area contributed by atoms with Crippen molar-refractivity contribution in [2.45, 2.75) is 19.3 Å². The minimum atomic E-state index is 0.525. The monoisotopic (exact) mass is 233 g/mol. The molecule has 0 spiro atoms. The van der Waals surface area contributed by atoms with Gasteiger partial charge in [-0.2, -0.15) is 5.10 Å². The summed E-state index contributed by atoms with van der Waals surface area (Å²) in [5.41, 5.74) is 6.80. The van der Waals surface area contributed by atoms with E-state index in [9.17, 15) is 0 Å². The zero-order chi connectivity index (χ0) is 11.4. The standard InChI is InChI=1S/C12H15N3S/c1-13-12(16)15-14-8-9-5-6-10-3-2-4-11(10)7-9/h5-8H,2-4H2,1H3,(H2,13,15,16)/b14-8+. The van der Waals surface area contributed by atoms with Gasteiger partial charge in [0.15, 0.2) is 5.11 Å². The maximum atomic E-state index is 4.91. The molecule has 2 rings (SSSR count). The number of rotatable bonds is 2. The van der Waals surface area contributed by atoms with Gasteiger partial charge in [0.05, 0.1) is 6.21 Å². The van der Waals surface area contributed by atoms with Gasteiger partial charge in [-0.05, 0) is 54.2 Å². The molecular weight excluding hydrogens is 218 g/mol. The lowest BCUT2D eigenvalue weighted by atomic mass is 10.1. The maximum absolute atomic E-state index is 4.91. The molecule has 0 saturated carbocycles. The van der Waals surface area contributed by atoms with Gasteiger partial charge >= 0.3 is 0 Å². The number of hydrogen-bond donors (Lipinski definition) is 2. The van der Waals surface area contributed by atoms with E-state index in [1.54, 1.807) is 13.3 Å². The van der Waals surface area contributed by atoms with Crippen LogP contribution in [0.25, 0.3) is 0 Å². The van der Waals surface area contributed by atoms with E-state index in [4.69, 9.17) is 12.2 Å². The molecule has 0 bridgehead atoms. The number of benzene rings is 1. The molecule has 1 aliphatic rings. The zero-order valence-electron chi connectivity index (χ0n) is 9.29. The van der Waals surface area contributed by atoms with E-state index in [0.717, 1.165) is 5.56 Å². The van der Waals surface area contributed by atoms with Gasteiger partial charge in [-0.15, -0.1) is 0 Å². The number of nitrogens with one attached hydrogen (secondary N) is 2. The maximum Gasteiger partial charge on any atom is 0.186 e. The molecule has 0 saturated heterocycles. The zero-order valence-corrected chi connectivity index (χ0v) is 10.1. The van der Waals surface area contributed by atoms with Gasteiger partial charge in [0.2, 0.25) is 0 Å². The Morgan fingerprint density at radius 1 is 1.38 bits per heavy atom. The van der Waals surface area contributed by atoms with E-state index in [1.807, 2.05) is 0 Å². The second-order valence-electron chi connectivity index (χ2n) is 3.83. The Hall–Kier alpha value is -1.42. The SMILES string of the molecule is CNC(=S)N/N=C/c1ccc2c(c1)CCC2. The molecule has 1 aromatic carbocycles. The fourth-order valence-corrected chi connectivity index (χ4v) is 1.95. The molecule has 0 fully saturated rings. The van der Waals surface area contributed by atoms with Crippen molar-refractivity contribution in [1.82, 2.24) is 10.7 Å². The number of hydrazone groups is 1. The number of fused-ring (bicyclic) bond motifs is 1. The van der Waals surface area contributed by atoms with Gasteiger partial charge in [-0.25, -0.2) is 0 Å². The smallest absolute Gasteiger partial charge is 0.186 e. The molecule has 0 heterocycles. The van der Waals surface area contributed by atoms with Crippen molar-refractivity contribution in [1.29, 1.82) is 0 Å². The molecule has 0 aliphatic heterocycles. The Bertz CT molecular complexity index is 426. The number of hydrogen-bond acceptors (Lipinski definition) is 2. The molecule has 16 heavy (non-hydrogen) atoms. The van der Waals surface area contributed by atoms with E-state index >= 15 is 0 Å². The van der Waals surface area contributed by atoms with Crippen LogP contribution in [0.15, 0.2) is 23.3 Å². The molecule has 3 nitrogen and oxygen atoms in total. The molecule has 0 atom stereocenters. The quantitative estimate of drug-likeness (QED) is 0.463. The van der Waals surface area contributed by atoms with Crippen molar-refractivity contribution in [3.8, 4) is 0 Å². The van der Waals surface area contributed by atoms with Crippen molar-refractivity contribution in [3.63, 3.8) is 0 Å². The second-order valence-corrected chi connectivity index (χ2v) is 4.24. The normalized spacial score (nSPS) is 13.8. The van der Waals surface area contributed by atoms with E-state index in [1.165, 1.54) is 30.4 Å². The van der Waals surface area contributed by atoms with Crippen LogP contribution in [-0.2, 0) is 12.8 Å². The van der Waals surface area contributed by atoms with Gasteiger partial charge in [0.25, 0.3) is 0 Å². The van der Waals surface area contributed by atoms with E-state index in [0.29, 0.717) is 5.11 Å². The molecule has 1 aromatic rings. The first-order chi connectivity index (χ1) is 7.79. The molecular formula is C12H15N3S. The molecule has 0 aromatic heterocycles. The lowest BCUT2D eigenvalue weighted by molar-refractivity contribution is 0.912. The second kappa shape index (κ2) is 5.07. The van der Waals surface area contributed by atoms with Crippen molar-refractivity contribution in [2.75, 3.05) is 7.05 Å². The van der Waals surface area contributed by atoms with Crippen LogP contribution in [0.3, 0.4) is 0 Å². The summed E-state index contributed by atoms with van der Waals surface area (Å²) >= 11 is 4.91. The summed E-state index contributed by atoms with van der Waals surface area (Å²) in [4.78, 5) is 0. The lowest BCUT2D eigenvalue weighted by Crippen LogP contribution is -2.28. The first kappa shape index (κ1) is 11.1. The highest BCUT2D eigenvalue weighted by molar-refractivity contribution is 7.80. The molecule has 0 unspecified atom stereocenters. The van der Waals surface area contributed by atoms with Crippen LogP contribution in [0.1, 0.15) is 23.1 Å². The third kappa shape index (κ3) is 2.58. The van der Waals surface area contributed by atoms with Crippen LogP contribution in [0.5, 0.6) is 0 Å². The summed E-state index contributed by atoms with van der Waals surface area (Å²) in [6.07, 6.45) is 5.48. The van der Waals surface area contributed by atoms with Gasteiger partial charge in [-0.1, -0.05) is 12.1 Å². The Labute approximate surface area is 101 Å². The first-order valence-electron chi connectivity index (χ1n) is 5.42. The van der Waals surface area contributed by atoms with E-state index in [-0.39, 0.29) is 0 Å².